The van der Waals surface area contributed by atoms with Crippen molar-refractivity contribution < 1.29 is 95.4 Å². The molecule has 2 rings (SSSR count). The maximum atomic E-state index is 14.0. The number of aliphatic hydroxyl groups is 2. The first kappa shape index (κ1) is 85.1. The molecule has 2 aliphatic rings. The molecule has 2 heterocycles. The lowest BCUT2D eigenvalue weighted by atomic mass is 9.97. The van der Waals surface area contributed by atoms with Crippen molar-refractivity contribution in [2.75, 3.05) is 47.3 Å². The zero-order chi connectivity index (χ0) is 65.9. The zero-order valence-corrected chi connectivity index (χ0v) is 58.9. The van der Waals surface area contributed by atoms with Crippen LogP contribution < -0.4 is 0 Å². The number of phosphoric ester groups is 2. The molecule has 0 aliphatic carbocycles. The normalized spacial score (nSPS) is 23.2. The molecular formula is C68H132O20P2. The fraction of sp³-hybridized carbons (Fsp3) is 0.956. The van der Waals surface area contributed by atoms with E-state index in [0.717, 1.165) is 141 Å². The molecule has 0 aromatic rings. The summed E-state index contributed by atoms with van der Waals surface area (Å²) >= 11 is 0. The van der Waals surface area contributed by atoms with Gasteiger partial charge in [-0.15, -0.1) is 0 Å². The maximum absolute atomic E-state index is 14.0. The van der Waals surface area contributed by atoms with Crippen molar-refractivity contribution in [3.05, 3.63) is 12.2 Å². The summed E-state index contributed by atoms with van der Waals surface area (Å²) in [5, 5.41) is 23.3. The van der Waals surface area contributed by atoms with E-state index in [9.17, 15) is 43.7 Å². The van der Waals surface area contributed by atoms with Gasteiger partial charge in [-0.25, -0.2) is 9.13 Å². The summed E-state index contributed by atoms with van der Waals surface area (Å²) in [6.45, 7) is 8.04. The van der Waals surface area contributed by atoms with E-state index in [-0.39, 0.29) is 45.4 Å². The third-order valence-electron chi connectivity index (χ3n) is 17.3. The summed E-state index contributed by atoms with van der Waals surface area (Å²) in [6, 6.07) is 0. The topological polar surface area (TPSA) is 274 Å². The van der Waals surface area contributed by atoms with Crippen LogP contribution in [0.5, 0.6) is 0 Å². The third kappa shape index (κ3) is 42.6. The second-order valence-corrected chi connectivity index (χ2v) is 27.8. The molecule has 2 aliphatic heterocycles. The highest BCUT2D eigenvalue weighted by molar-refractivity contribution is 7.46. The molecule has 0 radical (unpaired) electrons. The van der Waals surface area contributed by atoms with E-state index >= 15 is 0 Å². The van der Waals surface area contributed by atoms with Gasteiger partial charge in [-0.05, 0) is 64.2 Å². The zero-order valence-electron chi connectivity index (χ0n) is 57.1. The standard InChI is InChI=1S/C68H132O20P2/c1-7-11-15-19-22-25-27-28-29-30-31-33-36-40-44-48-60(70)86-66-64(81-53-50-57(79-6)47-43-38-18-14-10-4)62(87-89(72,73)74)59(54-78-5)85-67(66)83-55-58-61(71)63(80-51-45-41-37-34-26-23-20-16-12-8-2)65(68(84-58)88-90(75,76)77)82-52-49-56(69)46-42-39-35-32-24-21-17-13-9-3/h25,27,56-59,61-69,71H,7-24,26,28-55H2,1-6H3,(H2,72,73,74)(H2,75,76,77)/b27-25+/t56-,57-,58-,59-,61-,62-,63+,64+,65-,66-,67-,68?/m1/s1. The number of phosphoric acid groups is 2. The first-order chi connectivity index (χ1) is 43.5. The molecule has 2 saturated heterocycles. The summed E-state index contributed by atoms with van der Waals surface area (Å²) in [5.41, 5.74) is 0. The Hall–Kier alpha value is -0.970. The number of carbonyl (C=O) groups excluding carboxylic acids is 1. The van der Waals surface area contributed by atoms with Crippen LogP contribution >= 0.6 is 15.6 Å². The molecule has 0 spiro atoms. The van der Waals surface area contributed by atoms with Crippen molar-refractivity contribution in [1.29, 1.82) is 0 Å². The fourth-order valence-electron chi connectivity index (χ4n) is 11.9. The van der Waals surface area contributed by atoms with Gasteiger partial charge in [0.05, 0.1) is 25.4 Å². The van der Waals surface area contributed by atoms with Crippen molar-refractivity contribution in [3.63, 3.8) is 0 Å². The van der Waals surface area contributed by atoms with Crippen LogP contribution in [0.3, 0.4) is 0 Å². The Labute approximate surface area is 545 Å². The van der Waals surface area contributed by atoms with Crippen LogP contribution in [0.25, 0.3) is 0 Å². The minimum absolute atomic E-state index is 0.00343. The Bertz CT molecular complexity index is 1790. The first-order valence-corrected chi connectivity index (χ1v) is 39.1. The van der Waals surface area contributed by atoms with Crippen LogP contribution in [-0.4, -0.2) is 157 Å². The van der Waals surface area contributed by atoms with E-state index in [0.29, 0.717) is 25.7 Å². The Morgan fingerprint density at radius 2 is 0.889 bits per heavy atom. The molecule has 20 nitrogen and oxygen atoms in total. The van der Waals surface area contributed by atoms with E-state index in [1.165, 1.54) is 97.0 Å². The molecular weight excluding hydrogens is 1200 g/mol. The number of carbonyl (C=O) groups is 1. The van der Waals surface area contributed by atoms with Crippen molar-refractivity contribution in [2.24, 2.45) is 0 Å². The van der Waals surface area contributed by atoms with E-state index in [1.54, 1.807) is 7.11 Å². The Morgan fingerprint density at radius 3 is 1.41 bits per heavy atom. The number of rotatable bonds is 62. The highest BCUT2D eigenvalue weighted by atomic mass is 31.2. The van der Waals surface area contributed by atoms with E-state index in [1.807, 2.05) is 0 Å². The van der Waals surface area contributed by atoms with Crippen LogP contribution in [0, 0.1) is 0 Å². The first-order valence-electron chi connectivity index (χ1n) is 36.0. The Kier molecular flexibility index (Phi) is 52.1. The SMILES string of the molecule is CCCCCC/C=C/CCCCCCCCCC(=O)O[C@H]1[C@H](OC[C@H]2OC(OP(=O)(O)O)[C@H](OCC[C@H](O)CCCCCCCCCCC)[C@@H](OCCCCCCCCCCCC)[C@@H]2O)O[C@H](COC)[C@@H](OP(=O)(O)O)[C@@H]1OCC[C@@H](CCCCCCC)OC. The third-order valence-corrected chi connectivity index (χ3v) is 18.3. The maximum Gasteiger partial charge on any atom is 0.472 e. The quantitative estimate of drug-likeness (QED) is 0.0143. The highest BCUT2D eigenvalue weighted by Crippen LogP contribution is 2.44. The van der Waals surface area contributed by atoms with Crippen LogP contribution in [0.4, 0.5) is 0 Å². The summed E-state index contributed by atoms with van der Waals surface area (Å²) < 4.78 is 91.9. The van der Waals surface area contributed by atoms with Gasteiger partial charge >= 0.3 is 21.6 Å². The van der Waals surface area contributed by atoms with Crippen molar-refractivity contribution in [1.82, 2.24) is 0 Å². The Balaban J connectivity index is 2.42. The number of esters is 1. The van der Waals surface area contributed by atoms with Crippen molar-refractivity contribution in [3.8, 4) is 0 Å². The second-order valence-electron chi connectivity index (χ2n) is 25.4. The lowest BCUT2D eigenvalue weighted by Crippen LogP contribution is -2.64. The lowest BCUT2D eigenvalue weighted by Gasteiger charge is -2.46. The summed E-state index contributed by atoms with van der Waals surface area (Å²) in [4.78, 5) is 55.3. The molecule has 0 aromatic heterocycles. The van der Waals surface area contributed by atoms with E-state index in [2.05, 4.69) is 39.8 Å². The minimum Gasteiger partial charge on any atom is -0.454 e. The Morgan fingerprint density at radius 1 is 0.444 bits per heavy atom. The van der Waals surface area contributed by atoms with Crippen LogP contribution in [0.1, 0.15) is 297 Å². The predicted octanol–water partition coefficient (Wildman–Crippen LogP) is 15.5. The number of methoxy groups -OCH3 is 2. The van der Waals surface area contributed by atoms with Gasteiger partial charge in [0.15, 0.2) is 18.7 Å². The van der Waals surface area contributed by atoms with Crippen molar-refractivity contribution >= 4 is 21.6 Å². The van der Waals surface area contributed by atoms with Crippen LogP contribution in [0.15, 0.2) is 12.2 Å². The number of unbranched alkanes of at least 4 members (excludes halogenated alkanes) is 32. The molecule has 0 saturated carbocycles. The monoisotopic (exact) mass is 1330 g/mol. The van der Waals surface area contributed by atoms with Gasteiger partial charge in [0.2, 0.25) is 0 Å². The number of ether oxygens (including phenoxy) is 9. The smallest absolute Gasteiger partial charge is 0.454 e. The van der Waals surface area contributed by atoms with Gasteiger partial charge in [-0.3, -0.25) is 13.8 Å². The average molecular weight is 1330 g/mol. The largest absolute Gasteiger partial charge is 0.472 e. The van der Waals surface area contributed by atoms with E-state index < -0.39 is 95.7 Å². The van der Waals surface area contributed by atoms with E-state index in [4.69, 9.17) is 51.7 Å². The summed E-state index contributed by atoms with van der Waals surface area (Å²) in [6.07, 6.45) is 31.0. The van der Waals surface area contributed by atoms with Gasteiger partial charge in [0.25, 0.3) is 0 Å². The molecule has 90 heavy (non-hydrogen) atoms. The molecule has 1 unspecified atom stereocenters. The molecule has 12 atom stereocenters. The van der Waals surface area contributed by atoms with Gasteiger partial charge in [0, 0.05) is 40.5 Å². The minimum atomic E-state index is -5.30. The van der Waals surface area contributed by atoms with Gasteiger partial charge in [0.1, 0.15) is 42.7 Å². The molecule has 0 aromatic carbocycles. The lowest BCUT2D eigenvalue weighted by molar-refractivity contribution is -0.332. The molecule has 6 N–H and O–H groups in total. The molecule has 534 valence electrons. The average Bonchev–Trinajstić information content (AvgIpc) is 0.844. The number of allylic oxidation sites excluding steroid dienone is 2. The predicted molar refractivity (Wildman–Crippen MR) is 353 cm³/mol. The summed E-state index contributed by atoms with van der Waals surface area (Å²) in [5.74, 6) is -0.642. The second kappa shape index (κ2) is 55.1. The number of aliphatic hydroxyl groups excluding tert-OH is 2. The molecule has 0 bridgehead atoms. The van der Waals surface area contributed by atoms with Crippen LogP contribution in [-0.2, 0) is 65.6 Å². The molecule has 0 amide bonds. The van der Waals surface area contributed by atoms with Gasteiger partial charge in [-0.2, -0.15) is 0 Å². The highest BCUT2D eigenvalue weighted by Gasteiger charge is 2.54. The number of hydrogen-bond donors (Lipinski definition) is 6. The molecule has 2 fully saturated rings. The summed E-state index contributed by atoms with van der Waals surface area (Å²) in [7, 11) is -7.58. The van der Waals surface area contributed by atoms with Crippen molar-refractivity contribution in [2.45, 2.75) is 371 Å². The van der Waals surface area contributed by atoms with Crippen LogP contribution in [0.2, 0.25) is 0 Å². The van der Waals surface area contributed by atoms with Gasteiger partial charge in [-0.1, -0.05) is 239 Å². The fourth-order valence-corrected chi connectivity index (χ4v) is 13.0. The molecule has 22 heteroatoms. The van der Waals surface area contributed by atoms with Gasteiger partial charge < -0.3 is 72.4 Å². The number of hydrogen-bond acceptors (Lipinski definition) is 16.